The van der Waals surface area contributed by atoms with Crippen molar-refractivity contribution in [3.8, 4) is 5.82 Å². The van der Waals surface area contributed by atoms with Gasteiger partial charge < -0.3 is 15.5 Å². The first-order valence-electron chi connectivity index (χ1n) is 7.85. The van der Waals surface area contributed by atoms with Gasteiger partial charge in [-0.1, -0.05) is 6.07 Å². The number of hydrogen-bond acceptors (Lipinski definition) is 5. The number of anilines is 1. The Hall–Kier alpha value is -2.71. The first kappa shape index (κ1) is 17.1. The number of nitrogens with zero attached hydrogens (tertiary/aromatic N) is 4. The molecule has 0 saturated carbocycles. The minimum Gasteiger partial charge on any atom is -0.336 e. The number of carbonyl (C=O) groups is 1. The minimum atomic E-state index is -0.273. The Morgan fingerprint density at radius 3 is 2.84 bits per heavy atom. The second kappa shape index (κ2) is 7.91. The van der Waals surface area contributed by atoms with Gasteiger partial charge in [-0.3, -0.25) is 0 Å². The highest BCUT2D eigenvalue weighted by Gasteiger charge is 2.17. The van der Waals surface area contributed by atoms with E-state index in [2.05, 4.69) is 31.7 Å². The van der Waals surface area contributed by atoms with Crippen molar-refractivity contribution in [2.75, 3.05) is 26.0 Å². The fourth-order valence-corrected chi connectivity index (χ4v) is 3.37. The molecule has 0 aliphatic rings. The third-order valence-corrected chi connectivity index (χ3v) is 4.68. The van der Waals surface area contributed by atoms with Gasteiger partial charge in [0.1, 0.15) is 0 Å². The second-order valence-electron chi connectivity index (χ2n) is 5.66. The fourth-order valence-electron chi connectivity index (χ4n) is 2.45. The second-order valence-corrected chi connectivity index (χ2v) is 6.63. The van der Waals surface area contributed by atoms with Crippen molar-refractivity contribution in [1.82, 2.24) is 25.0 Å². The van der Waals surface area contributed by atoms with Gasteiger partial charge in [0, 0.05) is 30.0 Å². The molecule has 7 nitrogen and oxygen atoms in total. The Kier molecular flexibility index (Phi) is 5.42. The Labute approximate surface area is 150 Å². The van der Waals surface area contributed by atoms with Gasteiger partial charge in [0.2, 0.25) is 0 Å². The maximum atomic E-state index is 12.3. The van der Waals surface area contributed by atoms with E-state index in [9.17, 15) is 4.79 Å². The Bertz CT molecular complexity index is 800. The van der Waals surface area contributed by atoms with Gasteiger partial charge in [-0.2, -0.15) is 5.10 Å². The van der Waals surface area contributed by atoms with Crippen LogP contribution in [0.4, 0.5) is 10.5 Å². The summed E-state index contributed by atoms with van der Waals surface area (Å²) in [7, 11) is 4.00. The minimum absolute atomic E-state index is 0.130. The van der Waals surface area contributed by atoms with Gasteiger partial charge in [-0.05, 0) is 43.7 Å². The molecule has 0 radical (unpaired) electrons. The first-order chi connectivity index (χ1) is 12.1. The molecule has 0 aliphatic heterocycles. The quantitative estimate of drug-likeness (QED) is 0.712. The van der Waals surface area contributed by atoms with Crippen LogP contribution in [0.15, 0.2) is 54.3 Å². The van der Waals surface area contributed by atoms with Crippen LogP contribution in [0.25, 0.3) is 5.82 Å². The van der Waals surface area contributed by atoms with Crippen LogP contribution in [0.3, 0.4) is 0 Å². The normalized spacial score (nSPS) is 12.1. The van der Waals surface area contributed by atoms with Crippen molar-refractivity contribution in [3.05, 3.63) is 59.2 Å². The predicted molar refractivity (Wildman–Crippen MR) is 99.1 cm³/mol. The van der Waals surface area contributed by atoms with Gasteiger partial charge >= 0.3 is 6.03 Å². The van der Waals surface area contributed by atoms with Gasteiger partial charge in [-0.25, -0.2) is 14.5 Å². The number of nitrogens with one attached hydrogen (secondary N) is 2. The molecule has 2 N–H and O–H groups in total. The van der Waals surface area contributed by atoms with E-state index in [4.69, 9.17) is 0 Å². The zero-order chi connectivity index (χ0) is 17.6. The molecular formula is C17H20N6OS. The third-order valence-electron chi connectivity index (χ3n) is 3.71. The molecular weight excluding hydrogens is 336 g/mol. The maximum Gasteiger partial charge on any atom is 0.319 e. The number of likely N-dealkylation sites (N-methyl/N-ethyl adjacent to an activating group) is 1. The summed E-state index contributed by atoms with van der Waals surface area (Å²) < 4.78 is 1.61. The smallest absolute Gasteiger partial charge is 0.319 e. The average Bonchev–Trinajstić information content (AvgIpc) is 3.29. The van der Waals surface area contributed by atoms with E-state index in [1.807, 2.05) is 25.5 Å². The molecule has 3 aromatic heterocycles. The molecule has 8 heteroatoms. The molecule has 2 amide bonds. The topological polar surface area (TPSA) is 75.1 Å². The van der Waals surface area contributed by atoms with Crippen molar-refractivity contribution in [2.45, 2.75) is 6.04 Å². The SMILES string of the molecule is CN(C)[C@@H](CNC(=O)Nc1cccnc1-n1cccn1)c1cccs1. The van der Waals surface area contributed by atoms with Gasteiger partial charge in [-0.15, -0.1) is 11.3 Å². The highest BCUT2D eigenvalue weighted by Crippen LogP contribution is 2.22. The number of amides is 2. The number of thiophene rings is 1. The van der Waals surface area contributed by atoms with E-state index in [0.717, 1.165) is 0 Å². The molecule has 0 spiro atoms. The van der Waals surface area contributed by atoms with E-state index in [-0.39, 0.29) is 12.1 Å². The Balaban J connectivity index is 1.65. The zero-order valence-electron chi connectivity index (χ0n) is 14.1. The van der Waals surface area contributed by atoms with Crippen LogP contribution >= 0.6 is 11.3 Å². The van der Waals surface area contributed by atoms with E-state index in [0.29, 0.717) is 18.1 Å². The van der Waals surface area contributed by atoms with Crippen LogP contribution in [0.2, 0.25) is 0 Å². The average molecular weight is 356 g/mol. The van der Waals surface area contributed by atoms with Crippen molar-refractivity contribution in [1.29, 1.82) is 0 Å². The standard InChI is InChI=1S/C17H20N6OS/c1-22(2)14(15-7-4-11-25-15)12-19-17(24)21-13-6-3-8-18-16(13)23-10-5-9-20-23/h3-11,14H,12H2,1-2H3,(H2,19,21,24)/t14-/m0/s1. The summed E-state index contributed by atoms with van der Waals surface area (Å²) in [4.78, 5) is 19.9. The largest absolute Gasteiger partial charge is 0.336 e. The van der Waals surface area contributed by atoms with Crippen LogP contribution in [0.1, 0.15) is 10.9 Å². The summed E-state index contributed by atoms with van der Waals surface area (Å²) >= 11 is 1.68. The van der Waals surface area contributed by atoms with Crippen molar-refractivity contribution in [2.24, 2.45) is 0 Å². The maximum absolute atomic E-state index is 12.3. The summed E-state index contributed by atoms with van der Waals surface area (Å²) in [5.41, 5.74) is 0.598. The van der Waals surface area contributed by atoms with E-state index in [1.165, 1.54) is 4.88 Å². The van der Waals surface area contributed by atoms with Gasteiger partial charge in [0.15, 0.2) is 5.82 Å². The summed E-state index contributed by atoms with van der Waals surface area (Å²) in [6, 6.07) is 9.33. The lowest BCUT2D eigenvalue weighted by Gasteiger charge is -2.23. The van der Waals surface area contributed by atoms with Gasteiger partial charge in [0.25, 0.3) is 0 Å². The number of carbonyl (C=O) groups excluding carboxylic acids is 1. The summed E-state index contributed by atoms with van der Waals surface area (Å²) in [6.45, 7) is 0.511. The molecule has 1 atom stereocenters. The van der Waals surface area contributed by atoms with E-state index >= 15 is 0 Å². The molecule has 0 aliphatic carbocycles. The van der Waals surface area contributed by atoms with Crippen molar-refractivity contribution in [3.63, 3.8) is 0 Å². The zero-order valence-corrected chi connectivity index (χ0v) is 14.9. The summed E-state index contributed by atoms with van der Waals surface area (Å²) in [5, 5.41) is 12.0. The monoisotopic (exact) mass is 356 g/mol. The van der Waals surface area contributed by atoms with Crippen molar-refractivity contribution < 1.29 is 4.79 Å². The van der Waals surface area contributed by atoms with Crippen LogP contribution in [0.5, 0.6) is 0 Å². The van der Waals surface area contributed by atoms with Crippen LogP contribution in [-0.4, -0.2) is 46.3 Å². The lowest BCUT2D eigenvalue weighted by atomic mass is 10.2. The van der Waals surface area contributed by atoms with E-state index < -0.39 is 0 Å². The van der Waals surface area contributed by atoms with Crippen molar-refractivity contribution >= 4 is 23.1 Å². The Morgan fingerprint density at radius 2 is 2.16 bits per heavy atom. The van der Waals surface area contributed by atoms with E-state index in [1.54, 1.807) is 52.8 Å². The molecule has 25 heavy (non-hydrogen) atoms. The number of rotatable bonds is 6. The number of aromatic nitrogens is 3. The molecule has 3 rings (SSSR count). The summed E-state index contributed by atoms with van der Waals surface area (Å²) in [6.07, 6.45) is 5.12. The highest BCUT2D eigenvalue weighted by atomic mass is 32.1. The predicted octanol–water partition coefficient (Wildman–Crippen LogP) is 2.75. The molecule has 3 heterocycles. The molecule has 0 unspecified atom stereocenters. The lowest BCUT2D eigenvalue weighted by molar-refractivity contribution is 0.244. The molecule has 0 bridgehead atoms. The number of pyridine rings is 1. The molecule has 130 valence electrons. The molecule has 3 aromatic rings. The molecule has 0 aromatic carbocycles. The van der Waals surface area contributed by atoms with Crippen LogP contribution < -0.4 is 10.6 Å². The van der Waals surface area contributed by atoms with Gasteiger partial charge in [0.05, 0.1) is 11.7 Å². The molecule has 0 fully saturated rings. The number of hydrogen-bond donors (Lipinski definition) is 2. The first-order valence-corrected chi connectivity index (χ1v) is 8.73. The molecule has 0 saturated heterocycles. The Morgan fingerprint density at radius 1 is 1.28 bits per heavy atom. The number of urea groups is 1. The lowest BCUT2D eigenvalue weighted by Crippen LogP contribution is -2.36. The fraction of sp³-hybridized carbons (Fsp3) is 0.235. The van der Waals surface area contributed by atoms with Crippen LogP contribution in [-0.2, 0) is 0 Å². The van der Waals surface area contributed by atoms with Crippen LogP contribution in [0, 0.1) is 0 Å². The highest BCUT2D eigenvalue weighted by molar-refractivity contribution is 7.10. The third kappa shape index (κ3) is 4.23. The summed E-state index contributed by atoms with van der Waals surface area (Å²) in [5.74, 6) is 0.574.